The molecule has 0 spiro atoms. The summed E-state index contributed by atoms with van der Waals surface area (Å²) in [6, 6.07) is -1.46. The van der Waals surface area contributed by atoms with Gasteiger partial charge < -0.3 is 51.6 Å². The summed E-state index contributed by atoms with van der Waals surface area (Å²) in [5, 5.41) is 57.8. The van der Waals surface area contributed by atoms with Crippen molar-refractivity contribution in [2.75, 3.05) is 0 Å². The predicted octanol–water partition coefficient (Wildman–Crippen LogP) is -4.54. The van der Waals surface area contributed by atoms with Gasteiger partial charge in [0, 0.05) is 17.1 Å². The van der Waals surface area contributed by atoms with Gasteiger partial charge in [-0.1, -0.05) is 0 Å². The van der Waals surface area contributed by atoms with Crippen molar-refractivity contribution in [3.8, 4) is 0 Å². The monoisotopic (exact) mass is 442 g/mol. The first kappa shape index (κ1) is 24.2. The summed E-state index contributed by atoms with van der Waals surface area (Å²) in [4.78, 5) is 14.6. The van der Waals surface area contributed by atoms with Crippen LogP contribution in [0.25, 0.3) is 0 Å². The minimum absolute atomic E-state index is 0. The second kappa shape index (κ2) is 9.56. The van der Waals surface area contributed by atoms with Crippen molar-refractivity contribution in [1.82, 2.24) is 0 Å². The van der Waals surface area contributed by atoms with Crippen molar-refractivity contribution in [2.45, 2.75) is 74.4 Å². The van der Waals surface area contributed by atoms with Gasteiger partial charge in [-0.15, -0.1) is 0 Å². The van der Waals surface area contributed by atoms with Gasteiger partial charge in [-0.2, -0.15) is 0 Å². The molecule has 0 bridgehead atoms. The minimum atomic E-state index is -1.74. The Hall–Kier alpha value is -0.861. The molecular weight excluding hydrogens is 418 g/mol. The van der Waals surface area contributed by atoms with Crippen LogP contribution in [0.1, 0.15) is 13.3 Å². The van der Waals surface area contributed by atoms with Gasteiger partial charge in [0.15, 0.2) is 6.29 Å². The molecule has 0 aromatic rings. The van der Waals surface area contributed by atoms with Gasteiger partial charge in [0.25, 0.3) is 0 Å². The van der Waals surface area contributed by atoms with Crippen LogP contribution in [0.5, 0.6) is 0 Å². The number of carboxylic acids is 1. The third-order valence-corrected chi connectivity index (χ3v) is 4.64. The maximum Gasteiger partial charge on any atom is 0.370 e. The number of aliphatic carboxylic acids is 1. The largest absolute Gasteiger partial charge is 0.475 e. The smallest absolute Gasteiger partial charge is 0.370 e. The maximum atomic E-state index is 10.8. The molecule has 1 radical (unpaired) electrons. The second-order valence-corrected chi connectivity index (χ2v) is 6.55. The SMILES string of the molecule is C[C@H]1O[C@H](OC2[C@@H](O)[C@@H](O)C(O)[C@H](O)[C@H]2O)[C@@H](N)C[C@@H]1N=C(N)C(=O)O.[Cu]. The first-order valence-electron chi connectivity index (χ1n) is 8.08. The topological polar surface area (TPSA) is 221 Å². The van der Waals surface area contributed by atoms with Crippen molar-refractivity contribution < 1.29 is 62.0 Å². The van der Waals surface area contributed by atoms with Crippen molar-refractivity contribution in [1.29, 1.82) is 0 Å². The Morgan fingerprint density at radius 2 is 1.56 bits per heavy atom. The van der Waals surface area contributed by atoms with Crippen LogP contribution in [-0.4, -0.2) is 104 Å². The Kier molecular flexibility index (Phi) is 8.56. The molecule has 1 saturated carbocycles. The van der Waals surface area contributed by atoms with Gasteiger partial charge in [0.2, 0.25) is 5.84 Å². The number of nitrogens with two attached hydrogens (primary N) is 2. The van der Waals surface area contributed by atoms with Crippen LogP contribution in [0.15, 0.2) is 4.99 Å². The molecule has 12 nitrogen and oxygen atoms in total. The average molecular weight is 443 g/mol. The zero-order chi connectivity index (χ0) is 19.8. The zero-order valence-corrected chi connectivity index (χ0v) is 15.2. The Bertz CT molecular complexity index is 538. The summed E-state index contributed by atoms with van der Waals surface area (Å²) in [7, 11) is 0. The van der Waals surface area contributed by atoms with Crippen LogP contribution in [0, 0.1) is 0 Å². The molecule has 2 unspecified atom stereocenters. The van der Waals surface area contributed by atoms with Crippen molar-refractivity contribution in [3.63, 3.8) is 0 Å². The van der Waals surface area contributed by atoms with Crippen LogP contribution >= 0.6 is 0 Å². The van der Waals surface area contributed by atoms with Crippen LogP contribution in [0.2, 0.25) is 0 Å². The number of carboxylic acid groups (broad SMARTS) is 1. The number of hydrogen-bond acceptors (Lipinski definition) is 10. The van der Waals surface area contributed by atoms with Gasteiger partial charge in [0.1, 0.15) is 36.6 Å². The van der Waals surface area contributed by atoms with Crippen LogP contribution < -0.4 is 11.5 Å². The van der Waals surface area contributed by atoms with Gasteiger partial charge >= 0.3 is 5.97 Å². The molecule has 0 amide bonds. The first-order valence-corrected chi connectivity index (χ1v) is 8.08. The molecule has 10 N–H and O–H groups in total. The summed E-state index contributed by atoms with van der Waals surface area (Å²) < 4.78 is 11.0. The number of carbonyl (C=O) groups is 1. The molecule has 27 heavy (non-hydrogen) atoms. The zero-order valence-electron chi connectivity index (χ0n) is 14.3. The number of hydrogen-bond donors (Lipinski definition) is 8. The van der Waals surface area contributed by atoms with Crippen molar-refractivity contribution >= 4 is 11.8 Å². The third-order valence-electron chi connectivity index (χ3n) is 4.64. The van der Waals surface area contributed by atoms with Crippen LogP contribution in [0.4, 0.5) is 0 Å². The van der Waals surface area contributed by atoms with E-state index in [1.54, 1.807) is 6.92 Å². The fraction of sp³-hybridized carbons (Fsp3) is 0.857. The van der Waals surface area contributed by atoms with E-state index < -0.39 is 72.9 Å². The normalized spacial score (nSPS) is 45.8. The number of ether oxygens (including phenoxy) is 2. The molecule has 161 valence electrons. The molecule has 0 aromatic carbocycles. The van der Waals surface area contributed by atoms with Crippen molar-refractivity contribution in [2.24, 2.45) is 16.5 Å². The van der Waals surface area contributed by atoms with E-state index in [1.165, 1.54) is 0 Å². The number of aliphatic hydroxyl groups excluding tert-OH is 5. The predicted molar refractivity (Wildman–Crippen MR) is 84.9 cm³/mol. The number of aliphatic hydroxyl groups is 5. The maximum absolute atomic E-state index is 10.8. The Labute approximate surface area is 165 Å². The van der Waals surface area contributed by atoms with Crippen molar-refractivity contribution in [3.05, 3.63) is 0 Å². The van der Waals surface area contributed by atoms with Crippen LogP contribution in [0.3, 0.4) is 0 Å². The molecule has 1 saturated heterocycles. The molecular formula is C14H25CuN3O9. The Balaban J connectivity index is 0.00000364. The van der Waals surface area contributed by atoms with E-state index in [2.05, 4.69) is 4.99 Å². The van der Waals surface area contributed by atoms with E-state index in [-0.39, 0.29) is 23.5 Å². The third kappa shape index (κ3) is 5.15. The average Bonchev–Trinajstić information content (AvgIpc) is 2.58. The van der Waals surface area contributed by atoms with E-state index in [0.717, 1.165) is 0 Å². The molecule has 0 aromatic heterocycles. The van der Waals surface area contributed by atoms with Crippen LogP contribution in [-0.2, 0) is 31.3 Å². The molecule has 1 heterocycles. The Morgan fingerprint density at radius 1 is 1.07 bits per heavy atom. The fourth-order valence-corrected chi connectivity index (χ4v) is 3.02. The molecule has 13 heteroatoms. The van der Waals surface area contributed by atoms with E-state index in [9.17, 15) is 30.3 Å². The quantitative estimate of drug-likeness (QED) is 0.118. The van der Waals surface area contributed by atoms with Gasteiger partial charge in [-0.25, -0.2) is 4.79 Å². The summed E-state index contributed by atoms with van der Waals surface area (Å²) in [6.45, 7) is 1.59. The summed E-state index contributed by atoms with van der Waals surface area (Å²) >= 11 is 0. The van der Waals surface area contributed by atoms with Gasteiger partial charge in [0.05, 0.1) is 18.2 Å². The molecule has 2 fully saturated rings. The minimum Gasteiger partial charge on any atom is -0.475 e. The van der Waals surface area contributed by atoms with E-state index >= 15 is 0 Å². The molecule has 2 rings (SSSR count). The van der Waals surface area contributed by atoms with Gasteiger partial charge in [-0.3, -0.25) is 4.99 Å². The Morgan fingerprint density at radius 3 is 2.04 bits per heavy atom. The second-order valence-electron chi connectivity index (χ2n) is 6.55. The molecule has 1 aliphatic carbocycles. The molecule has 10 atom stereocenters. The summed E-state index contributed by atoms with van der Waals surface area (Å²) in [6.07, 6.45) is -11.7. The van der Waals surface area contributed by atoms with E-state index in [0.29, 0.717) is 0 Å². The number of amidine groups is 1. The number of rotatable bonds is 3. The number of aliphatic imine (C=N–C) groups is 1. The standard InChI is InChI=1S/C14H25N3O9.Cu/c1-3-5(17-12(16)13(23)24)2-4(15)14(25-3)26-11-9(21)7(19)6(18)8(20)10(11)22;/h3-11,14,18-22H,2,15H2,1H3,(H2,16,17)(H,23,24);/t3-,4+,5+,6?,7+,8+,9-,10+,11?,14-;/m1./s1. The fourth-order valence-electron chi connectivity index (χ4n) is 3.02. The van der Waals surface area contributed by atoms with E-state index in [4.69, 9.17) is 26.0 Å². The molecule has 2 aliphatic rings. The number of nitrogens with zero attached hydrogens (tertiary/aromatic N) is 1. The first-order chi connectivity index (χ1) is 12.0. The summed E-state index contributed by atoms with van der Waals surface area (Å²) in [5.41, 5.74) is 11.2. The molecule has 1 aliphatic heterocycles. The van der Waals surface area contributed by atoms with Gasteiger partial charge in [-0.05, 0) is 13.3 Å². The van der Waals surface area contributed by atoms with E-state index in [1.807, 2.05) is 0 Å². The summed E-state index contributed by atoms with van der Waals surface area (Å²) in [5.74, 6) is -1.96.